The average molecular weight is 311 g/mol. The van der Waals surface area contributed by atoms with E-state index in [1.807, 2.05) is 16.8 Å². The van der Waals surface area contributed by atoms with Gasteiger partial charge in [0.05, 0.1) is 24.2 Å². The predicted molar refractivity (Wildman–Crippen MR) is 71.1 cm³/mol. The normalized spacial score (nSPS) is 23.2. The van der Waals surface area contributed by atoms with Gasteiger partial charge in [-0.15, -0.1) is 0 Å². The van der Waals surface area contributed by atoms with Crippen LogP contribution < -0.4 is 5.32 Å². The van der Waals surface area contributed by atoms with Gasteiger partial charge in [-0.25, -0.2) is 9.97 Å². The first-order chi connectivity index (χ1) is 8.72. The number of imidazole rings is 1. The molecule has 1 aliphatic rings. The van der Waals surface area contributed by atoms with Crippen molar-refractivity contribution in [2.24, 2.45) is 5.92 Å². The van der Waals surface area contributed by atoms with Gasteiger partial charge < -0.3 is 10.4 Å². The Labute approximate surface area is 113 Å². The quantitative estimate of drug-likeness (QED) is 0.895. The molecule has 0 radical (unpaired) electrons. The molecule has 3 rings (SSSR count). The number of hydrogen-bond donors (Lipinski definition) is 2. The van der Waals surface area contributed by atoms with E-state index in [0.717, 1.165) is 41.9 Å². The molecule has 5 nitrogen and oxygen atoms in total. The maximum atomic E-state index is 9.22. The SMILES string of the molecule is OC1CC(CNCc2cnc3cnc(Br)cn23)C1. The zero-order valence-corrected chi connectivity index (χ0v) is 11.5. The minimum atomic E-state index is -0.0744. The van der Waals surface area contributed by atoms with Crippen LogP contribution in [-0.4, -0.2) is 32.1 Å². The van der Waals surface area contributed by atoms with E-state index < -0.39 is 0 Å². The molecule has 1 aliphatic carbocycles. The van der Waals surface area contributed by atoms with Gasteiger partial charge in [0.1, 0.15) is 4.60 Å². The molecule has 0 bridgehead atoms. The Kier molecular flexibility index (Phi) is 3.32. The van der Waals surface area contributed by atoms with Crippen molar-refractivity contribution < 1.29 is 5.11 Å². The third kappa shape index (κ3) is 2.41. The van der Waals surface area contributed by atoms with Crippen molar-refractivity contribution in [3.8, 4) is 0 Å². The van der Waals surface area contributed by atoms with Crippen molar-refractivity contribution in [1.29, 1.82) is 0 Å². The molecule has 2 aromatic rings. The minimum absolute atomic E-state index is 0.0744. The minimum Gasteiger partial charge on any atom is -0.393 e. The van der Waals surface area contributed by atoms with Crippen LogP contribution in [0.1, 0.15) is 18.5 Å². The highest BCUT2D eigenvalue weighted by Crippen LogP contribution is 2.26. The number of rotatable bonds is 4. The first kappa shape index (κ1) is 12.1. The Morgan fingerprint density at radius 3 is 3.00 bits per heavy atom. The topological polar surface area (TPSA) is 62.5 Å². The lowest BCUT2D eigenvalue weighted by Crippen LogP contribution is -2.36. The van der Waals surface area contributed by atoms with Gasteiger partial charge >= 0.3 is 0 Å². The number of fused-ring (bicyclic) bond motifs is 1. The number of aromatic nitrogens is 3. The number of aliphatic hydroxyl groups is 1. The van der Waals surface area contributed by atoms with E-state index in [1.54, 1.807) is 6.20 Å². The number of hydrogen-bond acceptors (Lipinski definition) is 4. The molecule has 18 heavy (non-hydrogen) atoms. The van der Waals surface area contributed by atoms with Crippen LogP contribution in [0.25, 0.3) is 5.65 Å². The molecular formula is C12H15BrN4O. The van der Waals surface area contributed by atoms with Gasteiger partial charge in [-0.3, -0.25) is 4.40 Å². The van der Waals surface area contributed by atoms with Crippen molar-refractivity contribution in [1.82, 2.24) is 19.7 Å². The summed E-state index contributed by atoms with van der Waals surface area (Å²) >= 11 is 3.36. The number of nitrogens with one attached hydrogen (secondary N) is 1. The predicted octanol–water partition coefficient (Wildman–Crippen LogP) is 1.35. The van der Waals surface area contributed by atoms with E-state index >= 15 is 0 Å². The van der Waals surface area contributed by atoms with Gasteiger partial charge in [0.25, 0.3) is 0 Å². The van der Waals surface area contributed by atoms with Crippen LogP contribution in [0.5, 0.6) is 0 Å². The summed E-state index contributed by atoms with van der Waals surface area (Å²) in [5.74, 6) is 0.618. The lowest BCUT2D eigenvalue weighted by molar-refractivity contribution is 0.0429. The van der Waals surface area contributed by atoms with Crippen LogP contribution in [0.3, 0.4) is 0 Å². The third-order valence-corrected chi connectivity index (χ3v) is 3.80. The van der Waals surface area contributed by atoms with E-state index in [0.29, 0.717) is 5.92 Å². The van der Waals surface area contributed by atoms with Crippen LogP contribution in [0.4, 0.5) is 0 Å². The van der Waals surface area contributed by atoms with Crippen LogP contribution in [-0.2, 0) is 6.54 Å². The summed E-state index contributed by atoms with van der Waals surface area (Å²) in [5, 5.41) is 12.6. The molecule has 2 N–H and O–H groups in total. The van der Waals surface area contributed by atoms with E-state index in [2.05, 4.69) is 31.2 Å². The maximum absolute atomic E-state index is 9.22. The molecule has 0 amide bonds. The summed E-state index contributed by atoms with van der Waals surface area (Å²) < 4.78 is 2.83. The Balaban J connectivity index is 1.62. The van der Waals surface area contributed by atoms with E-state index in [1.165, 1.54) is 0 Å². The summed E-state index contributed by atoms with van der Waals surface area (Å²) in [6.45, 7) is 1.74. The lowest BCUT2D eigenvalue weighted by atomic mass is 9.82. The van der Waals surface area contributed by atoms with Crippen molar-refractivity contribution in [3.63, 3.8) is 0 Å². The molecule has 2 heterocycles. The molecular weight excluding hydrogens is 296 g/mol. The second-order valence-corrected chi connectivity index (χ2v) is 5.62. The van der Waals surface area contributed by atoms with Gasteiger partial charge in [-0.2, -0.15) is 0 Å². The molecule has 0 aromatic carbocycles. The summed E-state index contributed by atoms with van der Waals surface area (Å²) in [7, 11) is 0. The van der Waals surface area contributed by atoms with E-state index in [-0.39, 0.29) is 6.10 Å². The number of nitrogens with zero attached hydrogens (tertiary/aromatic N) is 3. The van der Waals surface area contributed by atoms with Gasteiger partial charge in [0.15, 0.2) is 5.65 Å². The van der Waals surface area contributed by atoms with Crippen molar-refractivity contribution in [2.45, 2.75) is 25.5 Å². The maximum Gasteiger partial charge on any atom is 0.155 e. The van der Waals surface area contributed by atoms with Gasteiger partial charge in [0, 0.05) is 12.7 Å². The zero-order valence-electron chi connectivity index (χ0n) is 9.88. The first-order valence-corrected chi connectivity index (χ1v) is 6.88. The molecule has 2 aromatic heterocycles. The molecule has 0 unspecified atom stereocenters. The van der Waals surface area contributed by atoms with Crippen LogP contribution in [0.15, 0.2) is 23.2 Å². The highest BCUT2D eigenvalue weighted by Gasteiger charge is 2.26. The van der Waals surface area contributed by atoms with Crippen molar-refractivity contribution >= 4 is 21.6 Å². The molecule has 96 valence electrons. The Hall–Kier alpha value is -0.980. The fourth-order valence-electron chi connectivity index (χ4n) is 2.32. The van der Waals surface area contributed by atoms with E-state index in [4.69, 9.17) is 0 Å². The fourth-order valence-corrected chi connectivity index (χ4v) is 2.63. The zero-order chi connectivity index (χ0) is 12.5. The Morgan fingerprint density at radius 2 is 2.22 bits per heavy atom. The molecule has 1 saturated carbocycles. The number of aliphatic hydroxyl groups excluding tert-OH is 1. The highest BCUT2D eigenvalue weighted by molar-refractivity contribution is 9.10. The van der Waals surface area contributed by atoms with Crippen LogP contribution in [0, 0.1) is 5.92 Å². The van der Waals surface area contributed by atoms with Crippen molar-refractivity contribution in [3.05, 3.63) is 28.9 Å². The van der Waals surface area contributed by atoms with Gasteiger partial charge in [-0.1, -0.05) is 0 Å². The summed E-state index contributed by atoms with van der Waals surface area (Å²) in [5.41, 5.74) is 1.97. The van der Waals surface area contributed by atoms with Gasteiger partial charge in [-0.05, 0) is 41.2 Å². The molecule has 0 spiro atoms. The summed E-state index contributed by atoms with van der Waals surface area (Å²) in [6.07, 6.45) is 7.31. The Morgan fingerprint density at radius 1 is 1.39 bits per heavy atom. The summed E-state index contributed by atoms with van der Waals surface area (Å²) in [6, 6.07) is 0. The van der Waals surface area contributed by atoms with E-state index in [9.17, 15) is 5.11 Å². The fraction of sp³-hybridized carbons (Fsp3) is 0.500. The van der Waals surface area contributed by atoms with Crippen LogP contribution in [0.2, 0.25) is 0 Å². The average Bonchev–Trinajstić information content (AvgIpc) is 2.69. The Bertz CT molecular complexity index is 550. The second kappa shape index (κ2) is 4.95. The van der Waals surface area contributed by atoms with Gasteiger partial charge in [0.2, 0.25) is 0 Å². The number of halogens is 1. The molecule has 0 aliphatic heterocycles. The third-order valence-electron chi connectivity index (χ3n) is 3.39. The first-order valence-electron chi connectivity index (χ1n) is 6.08. The lowest BCUT2D eigenvalue weighted by Gasteiger charge is -2.31. The molecule has 1 fully saturated rings. The highest BCUT2D eigenvalue weighted by atomic mass is 79.9. The smallest absolute Gasteiger partial charge is 0.155 e. The summed E-state index contributed by atoms with van der Waals surface area (Å²) in [4.78, 5) is 8.45. The van der Waals surface area contributed by atoms with Crippen LogP contribution >= 0.6 is 15.9 Å². The molecule has 0 atom stereocenters. The van der Waals surface area contributed by atoms with Crippen molar-refractivity contribution in [2.75, 3.05) is 6.54 Å². The monoisotopic (exact) mass is 310 g/mol. The second-order valence-electron chi connectivity index (χ2n) is 4.81. The molecule has 6 heteroatoms. The standard InChI is InChI=1S/C12H15BrN4O/c13-11-7-17-9(5-16-12(17)6-15-11)4-14-3-8-1-10(18)2-8/h5-8,10,14,18H,1-4H2. The largest absolute Gasteiger partial charge is 0.393 e. The molecule has 0 saturated heterocycles.